The minimum absolute atomic E-state index is 0.0982. The minimum atomic E-state index is -0.108. The maximum absolute atomic E-state index is 11.8. The van der Waals surface area contributed by atoms with Crippen LogP contribution in [0.4, 0.5) is 0 Å². The smallest absolute Gasteiger partial charge is 0.322 e. The fourth-order valence-electron chi connectivity index (χ4n) is 2.79. The number of nitrogens with zero attached hydrogens (tertiary/aromatic N) is 1. The molecule has 1 aliphatic carbocycles. The summed E-state index contributed by atoms with van der Waals surface area (Å²) >= 11 is 0. The third-order valence-electron chi connectivity index (χ3n) is 4.18. The van der Waals surface area contributed by atoms with Crippen molar-refractivity contribution in [3.8, 4) is 0 Å². The highest BCUT2D eigenvalue weighted by Gasteiger charge is 2.29. The molecule has 0 aromatic heterocycles. The second-order valence-electron chi connectivity index (χ2n) is 5.91. The topological polar surface area (TPSA) is 41.6 Å². The molecule has 110 valence electrons. The molecule has 4 heteroatoms. The first-order valence-electron chi connectivity index (χ1n) is 7.86. The van der Waals surface area contributed by atoms with Crippen LogP contribution < -0.4 is 5.32 Å². The number of likely N-dealkylation sites (tertiary alicyclic amines) is 1. The van der Waals surface area contributed by atoms with Gasteiger partial charge in [0.1, 0.15) is 6.04 Å². The predicted octanol–water partition coefficient (Wildman–Crippen LogP) is 1.94. The van der Waals surface area contributed by atoms with Gasteiger partial charge in [-0.15, -0.1) is 0 Å². The number of carbonyl (C=O) groups is 1. The Labute approximate surface area is 116 Å². The molecule has 2 rings (SSSR count). The summed E-state index contributed by atoms with van der Waals surface area (Å²) in [5, 5.41) is 3.41. The number of hydrogen-bond acceptors (Lipinski definition) is 4. The van der Waals surface area contributed by atoms with Gasteiger partial charge in [-0.25, -0.2) is 0 Å². The van der Waals surface area contributed by atoms with Crippen LogP contribution in [-0.4, -0.2) is 49.7 Å². The van der Waals surface area contributed by atoms with E-state index in [2.05, 4.69) is 10.2 Å². The largest absolute Gasteiger partial charge is 0.468 e. The Kier molecular flexibility index (Phi) is 6.11. The Morgan fingerprint density at radius 1 is 1.21 bits per heavy atom. The number of esters is 1. The number of hydrogen-bond donors (Lipinski definition) is 1. The lowest BCUT2D eigenvalue weighted by molar-refractivity contribution is -0.143. The van der Waals surface area contributed by atoms with Gasteiger partial charge in [0.2, 0.25) is 0 Å². The highest BCUT2D eigenvalue weighted by Crippen LogP contribution is 2.20. The number of rotatable bonds is 6. The molecule has 1 heterocycles. The molecule has 1 N–H and O–H groups in total. The van der Waals surface area contributed by atoms with E-state index >= 15 is 0 Å². The normalized spacial score (nSPS) is 23.4. The molecule has 0 aromatic rings. The van der Waals surface area contributed by atoms with Crippen LogP contribution in [0.2, 0.25) is 0 Å². The van der Waals surface area contributed by atoms with Crippen molar-refractivity contribution >= 4 is 5.97 Å². The molecule has 1 saturated heterocycles. The summed E-state index contributed by atoms with van der Waals surface area (Å²) in [6.07, 6.45) is 10.0. The molecular formula is C15H28N2O2. The van der Waals surface area contributed by atoms with Gasteiger partial charge in [-0.05, 0) is 45.2 Å². The summed E-state index contributed by atoms with van der Waals surface area (Å²) in [4.78, 5) is 14.3. The van der Waals surface area contributed by atoms with E-state index in [1.165, 1.54) is 65.1 Å². The molecule has 2 fully saturated rings. The summed E-state index contributed by atoms with van der Waals surface area (Å²) < 4.78 is 4.91. The Balaban J connectivity index is 1.73. The molecule has 1 unspecified atom stereocenters. The first-order chi connectivity index (χ1) is 9.29. The van der Waals surface area contributed by atoms with Crippen LogP contribution in [0.15, 0.2) is 0 Å². The van der Waals surface area contributed by atoms with E-state index < -0.39 is 0 Å². The third-order valence-corrected chi connectivity index (χ3v) is 4.18. The summed E-state index contributed by atoms with van der Waals surface area (Å²) in [5.41, 5.74) is 0. The number of carbonyl (C=O) groups excluding carboxylic acids is 1. The minimum Gasteiger partial charge on any atom is -0.468 e. The highest BCUT2D eigenvalue weighted by molar-refractivity contribution is 5.75. The zero-order chi connectivity index (χ0) is 13.5. The molecule has 0 bridgehead atoms. The van der Waals surface area contributed by atoms with E-state index in [-0.39, 0.29) is 12.0 Å². The SMILES string of the molecule is COC(=O)C(CCN1CCCCCCC1)NC1CC1. The summed E-state index contributed by atoms with van der Waals surface area (Å²) in [6.45, 7) is 3.40. The number of methoxy groups -OCH3 is 1. The van der Waals surface area contributed by atoms with Gasteiger partial charge >= 0.3 is 5.97 Å². The Bertz CT molecular complexity index is 271. The van der Waals surface area contributed by atoms with E-state index in [1.54, 1.807) is 0 Å². The molecule has 4 nitrogen and oxygen atoms in total. The van der Waals surface area contributed by atoms with Crippen molar-refractivity contribution in [2.75, 3.05) is 26.7 Å². The van der Waals surface area contributed by atoms with Crippen LogP contribution in [0.5, 0.6) is 0 Å². The maximum atomic E-state index is 11.8. The molecule has 0 aromatic carbocycles. The second-order valence-corrected chi connectivity index (χ2v) is 5.91. The van der Waals surface area contributed by atoms with Gasteiger partial charge in [0.05, 0.1) is 7.11 Å². The lowest BCUT2D eigenvalue weighted by atomic mass is 10.1. The van der Waals surface area contributed by atoms with Gasteiger partial charge in [0.15, 0.2) is 0 Å². The third kappa shape index (κ3) is 5.49. The molecule has 1 saturated carbocycles. The van der Waals surface area contributed by atoms with Gasteiger partial charge in [0, 0.05) is 12.6 Å². The average molecular weight is 268 g/mol. The highest BCUT2D eigenvalue weighted by atomic mass is 16.5. The average Bonchev–Trinajstić information content (AvgIpc) is 3.19. The van der Waals surface area contributed by atoms with Crippen molar-refractivity contribution in [2.45, 2.75) is 63.5 Å². The van der Waals surface area contributed by atoms with Crippen LogP contribution >= 0.6 is 0 Å². The Morgan fingerprint density at radius 3 is 2.42 bits per heavy atom. The van der Waals surface area contributed by atoms with Crippen LogP contribution in [0.3, 0.4) is 0 Å². The summed E-state index contributed by atoms with van der Waals surface area (Å²) in [5.74, 6) is -0.0982. The zero-order valence-electron chi connectivity index (χ0n) is 12.2. The second kappa shape index (κ2) is 7.85. The van der Waals surface area contributed by atoms with Crippen LogP contribution in [-0.2, 0) is 9.53 Å². The predicted molar refractivity (Wildman–Crippen MR) is 76.1 cm³/mol. The van der Waals surface area contributed by atoms with E-state index in [0.29, 0.717) is 6.04 Å². The van der Waals surface area contributed by atoms with Gasteiger partial charge < -0.3 is 15.0 Å². The van der Waals surface area contributed by atoms with E-state index in [9.17, 15) is 4.79 Å². The fraction of sp³-hybridized carbons (Fsp3) is 0.933. The quantitative estimate of drug-likeness (QED) is 0.748. The van der Waals surface area contributed by atoms with Gasteiger partial charge in [-0.1, -0.05) is 19.3 Å². The van der Waals surface area contributed by atoms with Crippen molar-refractivity contribution in [3.05, 3.63) is 0 Å². The van der Waals surface area contributed by atoms with Gasteiger partial charge in [0.25, 0.3) is 0 Å². The van der Waals surface area contributed by atoms with Crippen LogP contribution in [0, 0.1) is 0 Å². The zero-order valence-corrected chi connectivity index (χ0v) is 12.2. The standard InChI is InChI=1S/C15H28N2O2/c1-19-15(18)14(16-13-7-8-13)9-12-17-10-5-3-2-4-6-11-17/h13-14,16H,2-12H2,1H3. The summed E-state index contributed by atoms with van der Waals surface area (Å²) in [7, 11) is 1.49. The molecule has 19 heavy (non-hydrogen) atoms. The Morgan fingerprint density at radius 2 is 1.84 bits per heavy atom. The van der Waals surface area contributed by atoms with Gasteiger partial charge in [-0.3, -0.25) is 4.79 Å². The van der Waals surface area contributed by atoms with Crippen LogP contribution in [0.25, 0.3) is 0 Å². The van der Waals surface area contributed by atoms with Crippen molar-refractivity contribution in [2.24, 2.45) is 0 Å². The van der Waals surface area contributed by atoms with Gasteiger partial charge in [-0.2, -0.15) is 0 Å². The van der Waals surface area contributed by atoms with E-state index in [4.69, 9.17) is 4.74 Å². The Hall–Kier alpha value is -0.610. The van der Waals surface area contributed by atoms with Crippen LogP contribution in [0.1, 0.15) is 51.4 Å². The first-order valence-corrected chi connectivity index (χ1v) is 7.86. The molecule has 0 radical (unpaired) electrons. The number of nitrogens with one attached hydrogen (secondary N) is 1. The molecule has 1 aliphatic heterocycles. The van der Waals surface area contributed by atoms with Crippen molar-refractivity contribution in [3.63, 3.8) is 0 Å². The van der Waals surface area contributed by atoms with Crippen molar-refractivity contribution in [1.29, 1.82) is 0 Å². The lowest BCUT2D eigenvalue weighted by Gasteiger charge is -2.26. The molecule has 0 amide bonds. The maximum Gasteiger partial charge on any atom is 0.322 e. The molecule has 1 atom stereocenters. The summed E-state index contributed by atoms with van der Waals surface area (Å²) in [6, 6.07) is 0.444. The number of ether oxygens (including phenoxy) is 1. The van der Waals surface area contributed by atoms with Crippen molar-refractivity contribution in [1.82, 2.24) is 10.2 Å². The van der Waals surface area contributed by atoms with E-state index in [1.807, 2.05) is 0 Å². The lowest BCUT2D eigenvalue weighted by Crippen LogP contribution is -2.42. The molecule has 0 spiro atoms. The fourth-order valence-corrected chi connectivity index (χ4v) is 2.79. The van der Waals surface area contributed by atoms with Crippen molar-refractivity contribution < 1.29 is 9.53 Å². The molecular weight excluding hydrogens is 240 g/mol. The monoisotopic (exact) mass is 268 g/mol. The first kappa shape index (κ1) is 14.8. The van der Waals surface area contributed by atoms with E-state index in [0.717, 1.165) is 13.0 Å². The molecule has 2 aliphatic rings.